The number of benzene rings is 4. The lowest BCUT2D eigenvalue weighted by Gasteiger charge is -2.31. The zero-order valence-corrected chi connectivity index (χ0v) is 29.6. The summed E-state index contributed by atoms with van der Waals surface area (Å²) in [7, 11) is 0. The molecule has 0 aliphatic heterocycles. The summed E-state index contributed by atoms with van der Waals surface area (Å²) in [5.74, 6) is -0.602. The van der Waals surface area contributed by atoms with Crippen molar-refractivity contribution < 1.29 is 19.2 Å². The van der Waals surface area contributed by atoms with Crippen LogP contribution in [0, 0.1) is 0 Å². The second-order valence-corrected chi connectivity index (χ2v) is 15.1. The highest BCUT2D eigenvalue weighted by Crippen LogP contribution is 2.39. The Hall–Kier alpha value is -4.53. The third-order valence-electron chi connectivity index (χ3n) is 9.59. The Morgan fingerprint density at radius 1 is 0.680 bits per heavy atom. The van der Waals surface area contributed by atoms with Crippen molar-refractivity contribution in [2.45, 2.75) is 66.5 Å². The van der Waals surface area contributed by atoms with Crippen LogP contribution in [-0.2, 0) is 6.42 Å². The number of hydrogen-bond donors (Lipinski definition) is 0. The maximum Gasteiger partial charge on any atom is 0.211 e. The molecule has 3 aliphatic rings. The van der Waals surface area contributed by atoms with E-state index in [-0.39, 0.29) is 29.2 Å². The van der Waals surface area contributed by atoms with Crippen LogP contribution in [0.15, 0.2) is 129 Å². The number of rotatable bonds is 10. The van der Waals surface area contributed by atoms with Gasteiger partial charge < -0.3 is 4.90 Å². The first-order chi connectivity index (χ1) is 24.4. The Morgan fingerprint density at radius 3 is 2.00 bits per heavy atom. The van der Waals surface area contributed by atoms with E-state index in [4.69, 9.17) is 4.99 Å². The summed E-state index contributed by atoms with van der Waals surface area (Å²) < 4.78 is 0. The normalized spacial score (nSPS) is 18.7. The number of ketones is 4. The number of carbonyl (C=O) groups is 4. The molecule has 0 bridgehead atoms. The van der Waals surface area contributed by atoms with Gasteiger partial charge in [0.1, 0.15) is 16.7 Å². The van der Waals surface area contributed by atoms with E-state index in [0.717, 1.165) is 41.0 Å². The van der Waals surface area contributed by atoms with Crippen molar-refractivity contribution in [1.82, 2.24) is 4.90 Å². The zero-order chi connectivity index (χ0) is 34.6. The van der Waals surface area contributed by atoms with E-state index in [9.17, 15) is 19.2 Å². The molecule has 1 atom stereocenters. The van der Waals surface area contributed by atoms with Gasteiger partial charge in [0.15, 0.2) is 5.78 Å². The van der Waals surface area contributed by atoms with Gasteiger partial charge in [0, 0.05) is 45.1 Å². The predicted molar refractivity (Wildman–Crippen MR) is 201 cm³/mol. The number of likely N-dealkylation sites (N-methyl/N-ethyl adjacent to an activating group) is 1. The Labute approximate surface area is 301 Å². The van der Waals surface area contributed by atoms with Gasteiger partial charge in [-0.1, -0.05) is 104 Å². The summed E-state index contributed by atoms with van der Waals surface area (Å²) in [5.41, 5.74) is 3.29. The molecule has 1 unspecified atom stereocenters. The van der Waals surface area contributed by atoms with E-state index in [1.165, 1.54) is 29.9 Å². The van der Waals surface area contributed by atoms with Gasteiger partial charge >= 0.3 is 0 Å². The van der Waals surface area contributed by atoms with Gasteiger partial charge in [-0.05, 0) is 62.1 Å². The van der Waals surface area contributed by atoms with Crippen LogP contribution in [0.4, 0.5) is 0 Å². The first kappa shape index (κ1) is 33.9. The molecule has 4 aromatic carbocycles. The van der Waals surface area contributed by atoms with E-state index in [1.54, 1.807) is 30.3 Å². The molecule has 8 heteroatoms. The summed E-state index contributed by atoms with van der Waals surface area (Å²) in [4.78, 5) is 65.4. The zero-order valence-electron chi connectivity index (χ0n) is 28.0. The second kappa shape index (κ2) is 15.2. The standard InChI is InChI=1S/C42H38N2O4S2/c1-2-44(36-38(46)31-20-12-13-21-32(31)40(48)42(36)50-30-18-10-5-11-19-30)25-24-27-22-23-33-34(26-27)37(45)35(43-28-14-6-3-7-15-28)41(39(33)47)49-29-16-8-4-9-17-29/h4-5,8-13,16-23,26,28,41H,2-3,6-7,14-15,24-25H2,1H3. The van der Waals surface area contributed by atoms with Gasteiger partial charge in [-0.2, -0.15) is 0 Å². The largest absolute Gasteiger partial charge is 0.367 e. The topological polar surface area (TPSA) is 83.9 Å². The van der Waals surface area contributed by atoms with Gasteiger partial charge in [0.2, 0.25) is 17.3 Å². The summed E-state index contributed by atoms with van der Waals surface area (Å²) in [6.45, 7) is 2.93. The van der Waals surface area contributed by atoms with Gasteiger partial charge in [0.25, 0.3) is 0 Å². The predicted octanol–water partition coefficient (Wildman–Crippen LogP) is 8.95. The van der Waals surface area contributed by atoms with Crippen LogP contribution in [0.3, 0.4) is 0 Å². The number of Topliss-reactive ketones (excluding diaryl/α,β-unsaturated/α-hetero) is 4. The molecule has 252 valence electrons. The molecule has 0 spiro atoms. The quantitative estimate of drug-likeness (QED) is 0.164. The second-order valence-electron chi connectivity index (χ2n) is 12.8. The summed E-state index contributed by atoms with van der Waals surface area (Å²) in [6, 6.07) is 31.9. The summed E-state index contributed by atoms with van der Waals surface area (Å²) in [5, 5.41) is -0.689. The Kier molecular flexibility index (Phi) is 10.3. The number of nitrogens with zero attached hydrogens (tertiary/aromatic N) is 2. The molecule has 6 nitrogen and oxygen atoms in total. The van der Waals surface area contributed by atoms with Crippen molar-refractivity contribution in [2.75, 3.05) is 13.1 Å². The van der Waals surface area contributed by atoms with Crippen LogP contribution in [0.5, 0.6) is 0 Å². The highest BCUT2D eigenvalue weighted by molar-refractivity contribution is 8.04. The van der Waals surface area contributed by atoms with E-state index in [2.05, 4.69) is 0 Å². The maximum atomic E-state index is 14.2. The van der Waals surface area contributed by atoms with Crippen LogP contribution >= 0.6 is 23.5 Å². The average Bonchev–Trinajstić information content (AvgIpc) is 3.16. The molecule has 4 aromatic rings. The van der Waals surface area contributed by atoms with Crippen molar-refractivity contribution in [3.8, 4) is 0 Å². The fraction of sp³-hybridized carbons (Fsp3) is 0.262. The Balaban J connectivity index is 1.19. The van der Waals surface area contributed by atoms with E-state index >= 15 is 0 Å². The molecule has 7 rings (SSSR count). The Morgan fingerprint density at radius 2 is 1.32 bits per heavy atom. The van der Waals surface area contributed by atoms with Crippen molar-refractivity contribution in [1.29, 1.82) is 0 Å². The maximum absolute atomic E-state index is 14.2. The van der Waals surface area contributed by atoms with E-state index < -0.39 is 5.25 Å². The number of hydrogen-bond acceptors (Lipinski definition) is 8. The monoisotopic (exact) mass is 698 g/mol. The molecular weight excluding hydrogens is 661 g/mol. The van der Waals surface area contributed by atoms with Gasteiger partial charge in [-0.15, -0.1) is 11.8 Å². The summed E-state index contributed by atoms with van der Waals surface area (Å²) >= 11 is 2.71. The minimum absolute atomic E-state index is 0.0503. The fourth-order valence-electron chi connectivity index (χ4n) is 6.97. The average molecular weight is 699 g/mol. The van der Waals surface area contributed by atoms with E-state index in [0.29, 0.717) is 58.1 Å². The summed E-state index contributed by atoms with van der Waals surface area (Å²) in [6.07, 6.45) is 5.70. The molecule has 1 fully saturated rings. The molecule has 50 heavy (non-hydrogen) atoms. The first-order valence-corrected chi connectivity index (χ1v) is 19.0. The van der Waals surface area contributed by atoms with Gasteiger partial charge in [-0.3, -0.25) is 24.2 Å². The lowest BCUT2D eigenvalue weighted by atomic mass is 9.85. The van der Waals surface area contributed by atoms with Crippen molar-refractivity contribution >= 4 is 52.4 Å². The molecule has 0 aromatic heterocycles. The minimum Gasteiger partial charge on any atom is -0.367 e. The molecule has 0 heterocycles. The molecular formula is C42H38N2O4S2. The highest BCUT2D eigenvalue weighted by Gasteiger charge is 2.40. The van der Waals surface area contributed by atoms with Crippen molar-refractivity contribution in [2.24, 2.45) is 4.99 Å². The number of thioether (sulfide) groups is 2. The molecule has 3 aliphatic carbocycles. The van der Waals surface area contributed by atoms with Crippen LogP contribution in [-0.4, -0.2) is 58.1 Å². The fourth-order valence-corrected chi connectivity index (χ4v) is 9.12. The SMILES string of the molecule is CCN(CCc1ccc2c(c1)C(=O)C(=NC1CCCCC1)C(Sc1ccccc1)C2=O)C1=C(Sc2ccccc2)C(=O)c2ccccc2C1=O. The molecule has 0 saturated heterocycles. The van der Waals surface area contributed by atoms with Gasteiger partial charge in [0.05, 0.1) is 10.9 Å². The van der Waals surface area contributed by atoms with Gasteiger partial charge in [-0.25, -0.2) is 0 Å². The Bertz CT molecular complexity index is 2020. The third-order valence-corrected chi connectivity index (χ3v) is 11.9. The van der Waals surface area contributed by atoms with Crippen molar-refractivity contribution in [3.63, 3.8) is 0 Å². The molecule has 0 N–H and O–H groups in total. The number of aliphatic imine (C=N–C) groups is 1. The number of allylic oxidation sites excluding steroid dienone is 2. The first-order valence-electron chi connectivity index (χ1n) is 17.3. The molecule has 0 amide bonds. The van der Waals surface area contributed by atoms with Crippen LogP contribution in [0.25, 0.3) is 0 Å². The van der Waals surface area contributed by atoms with Crippen LogP contribution in [0.1, 0.15) is 86.0 Å². The number of fused-ring (bicyclic) bond motifs is 2. The third kappa shape index (κ3) is 6.92. The van der Waals surface area contributed by atoms with Crippen LogP contribution in [0.2, 0.25) is 0 Å². The minimum atomic E-state index is -0.689. The van der Waals surface area contributed by atoms with Crippen molar-refractivity contribution in [3.05, 3.63) is 142 Å². The molecule has 1 saturated carbocycles. The number of carbonyl (C=O) groups excluding carboxylic acids is 4. The molecule has 0 radical (unpaired) electrons. The highest BCUT2D eigenvalue weighted by atomic mass is 32.2. The van der Waals surface area contributed by atoms with Crippen LogP contribution < -0.4 is 0 Å². The lowest BCUT2D eigenvalue weighted by molar-refractivity contribution is 0.0949. The lowest BCUT2D eigenvalue weighted by Crippen LogP contribution is -2.40. The van der Waals surface area contributed by atoms with E-state index in [1.807, 2.05) is 84.6 Å². The smallest absolute Gasteiger partial charge is 0.211 e.